The predicted octanol–water partition coefficient (Wildman–Crippen LogP) is 2.30. The minimum Gasteiger partial charge on any atom is -0.478 e. The summed E-state index contributed by atoms with van der Waals surface area (Å²) in [5.41, 5.74) is 0.419. The lowest BCUT2D eigenvalue weighted by Crippen LogP contribution is -2.10. The second-order valence-electron chi connectivity index (χ2n) is 4.52. The van der Waals surface area contributed by atoms with Crippen molar-refractivity contribution < 1.29 is 14.3 Å². The van der Waals surface area contributed by atoms with Gasteiger partial charge in [0, 0.05) is 6.54 Å². The molecule has 2 rings (SSSR count). The first-order valence-electron chi connectivity index (χ1n) is 5.72. The maximum atomic E-state index is 11.2. The zero-order chi connectivity index (χ0) is 13.3. The van der Waals surface area contributed by atoms with Gasteiger partial charge in [-0.1, -0.05) is 13.8 Å². The van der Waals surface area contributed by atoms with Gasteiger partial charge in [-0.25, -0.2) is 14.8 Å². The first-order chi connectivity index (χ1) is 8.50. The number of hydrogen-bond acceptors (Lipinski definition) is 5. The normalized spacial score (nSPS) is 11.1. The molecule has 0 bridgehead atoms. The number of aromatic nitrogens is 2. The molecule has 0 atom stereocenters. The van der Waals surface area contributed by atoms with Crippen molar-refractivity contribution in [3.63, 3.8) is 0 Å². The Morgan fingerprint density at radius 2 is 2.22 bits per heavy atom. The summed E-state index contributed by atoms with van der Waals surface area (Å²) in [6, 6.07) is 0. The van der Waals surface area contributed by atoms with Crippen molar-refractivity contribution in [3.05, 3.63) is 17.7 Å². The van der Waals surface area contributed by atoms with Gasteiger partial charge < -0.3 is 14.8 Å². The van der Waals surface area contributed by atoms with Crippen LogP contribution in [0.4, 0.5) is 5.82 Å². The third-order valence-corrected chi connectivity index (χ3v) is 2.56. The molecule has 0 aliphatic rings. The third kappa shape index (κ3) is 2.13. The minimum atomic E-state index is -1.03. The number of anilines is 1. The van der Waals surface area contributed by atoms with E-state index in [0.717, 1.165) is 0 Å². The van der Waals surface area contributed by atoms with Gasteiger partial charge in [-0.2, -0.15) is 0 Å². The van der Waals surface area contributed by atoms with E-state index >= 15 is 0 Å². The van der Waals surface area contributed by atoms with Gasteiger partial charge >= 0.3 is 5.97 Å². The maximum Gasteiger partial charge on any atom is 0.340 e. The second-order valence-corrected chi connectivity index (χ2v) is 4.52. The fourth-order valence-electron chi connectivity index (χ4n) is 1.74. The van der Waals surface area contributed by atoms with Gasteiger partial charge in [0.1, 0.15) is 23.5 Å². The predicted molar refractivity (Wildman–Crippen MR) is 66.8 cm³/mol. The molecule has 0 aliphatic carbocycles. The lowest BCUT2D eigenvalue weighted by molar-refractivity contribution is 0.0697. The number of carbonyl (C=O) groups is 1. The number of rotatable bonds is 4. The zero-order valence-corrected chi connectivity index (χ0v) is 10.5. The molecule has 6 heteroatoms. The van der Waals surface area contributed by atoms with E-state index < -0.39 is 5.97 Å². The Kier molecular flexibility index (Phi) is 3.18. The van der Waals surface area contributed by atoms with Gasteiger partial charge in [0.25, 0.3) is 0 Å². The van der Waals surface area contributed by atoms with E-state index in [1.165, 1.54) is 6.33 Å². The Bertz CT molecular complexity index is 590. The number of nitrogens with zero attached hydrogens (tertiary/aromatic N) is 2. The van der Waals surface area contributed by atoms with Crippen LogP contribution in [0, 0.1) is 12.8 Å². The van der Waals surface area contributed by atoms with E-state index in [2.05, 4.69) is 29.1 Å². The molecule has 0 aliphatic heterocycles. The van der Waals surface area contributed by atoms with Gasteiger partial charge in [-0.3, -0.25) is 0 Å². The molecule has 2 N–H and O–H groups in total. The van der Waals surface area contributed by atoms with Crippen molar-refractivity contribution in [2.24, 2.45) is 5.92 Å². The topological polar surface area (TPSA) is 88.3 Å². The Labute approximate surface area is 104 Å². The fraction of sp³-hybridized carbons (Fsp3) is 0.417. The van der Waals surface area contributed by atoms with Crippen molar-refractivity contribution in [1.29, 1.82) is 0 Å². The van der Waals surface area contributed by atoms with Crippen LogP contribution in [0.1, 0.15) is 30.0 Å². The number of carboxylic acids is 1. The van der Waals surface area contributed by atoms with Crippen molar-refractivity contribution in [3.8, 4) is 0 Å². The van der Waals surface area contributed by atoms with Crippen LogP contribution in [0.2, 0.25) is 0 Å². The minimum absolute atomic E-state index is 0.122. The molecular formula is C12H15N3O3. The second kappa shape index (κ2) is 4.64. The summed E-state index contributed by atoms with van der Waals surface area (Å²) in [6.07, 6.45) is 1.36. The maximum absolute atomic E-state index is 11.2. The van der Waals surface area contributed by atoms with E-state index in [-0.39, 0.29) is 5.56 Å². The molecule has 6 nitrogen and oxygen atoms in total. The van der Waals surface area contributed by atoms with Gasteiger partial charge in [-0.15, -0.1) is 0 Å². The average Bonchev–Trinajstić information content (AvgIpc) is 2.62. The summed E-state index contributed by atoms with van der Waals surface area (Å²) >= 11 is 0. The molecule has 0 aromatic carbocycles. The van der Waals surface area contributed by atoms with E-state index in [4.69, 9.17) is 4.42 Å². The molecular weight excluding hydrogens is 234 g/mol. The van der Waals surface area contributed by atoms with E-state index in [1.807, 2.05) is 0 Å². The molecule has 0 saturated heterocycles. The summed E-state index contributed by atoms with van der Waals surface area (Å²) < 4.78 is 5.34. The number of nitrogens with one attached hydrogen (secondary N) is 1. The molecule has 0 saturated carbocycles. The van der Waals surface area contributed by atoms with E-state index in [1.54, 1.807) is 6.92 Å². The van der Waals surface area contributed by atoms with Crippen molar-refractivity contribution in [2.45, 2.75) is 20.8 Å². The van der Waals surface area contributed by atoms with Gasteiger partial charge in [0.05, 0.1) is 5.39 Å². The number of furan rings is 1. The highest BCUT2D eigenvalue weighted by atomic mass is 16.4. The highest BCUT2D eigenvalue weighted by Crippen LogP contribution is 2.28. The molecule has 2 heterocycles. The first-order valence-corrected chi connectivity index (χ1v) is 5.72. The quantitative estimate of drug-likeness (QED) is 0.864. The summed E-state index contributed by atoms with van der Waals surface area (Å²) in [5, 5.41) is 12.8. The smallest absolute Gasteiger partial charge is 0.340 e. The zero-order valence-electron chi connectivity index (χ0n) is 10.5. The largest absolute Gasteiger partial charge is 0.478 e. The number of carboxylic acid groups (broad SMARTS) is 1. The summed E-state index contributed by atoms with van der Waals surface area (Å²) in [7, 11) is 0. The Morgan fingerprint density at radius 1 is 1.50 bits per heavy atom. The standard InChI is InChI=1S/C12H15N3O3/c1-6(2)4-13-10-9-8(12(16)17)7(3)18-11(9)15-5-14-10/h5-6H,4H2,1-3H3,(H,16,17)(H,13,14,15). The highest BCUT2D eigenvalue weighted by Gasteiger charge is 2.21. The average molecular weight is 249 g/mol. The van der Waals surface area contributed by atoms with Crippen molar-refractivity contribution >= 4 is 22.9 Å². The van der Waals surface area contributed by atoms with Crippen LogP contribution in [-0.2, 0) is 0 Å². The summed E-state index contributed by atoms with van der Waals surface area (Å²) in [6.45, 7) is 6.43. The molecule has 0 fully saturated rings. The monoisotopic (exact) mass is 249 g/mol. The molecule has 2 aromatic heterocycles. The van der Waals surface area contributed by atoms with Crippen molar-refractivity contribution in [2.75, 3.05) is 11.9 Å². The van der Waals surface area contributed by atoms with E-state index in [0.29, 0.717) is 35.1 Å². The molecule has 0 amide bonds. The number of aryl methyl sites for hydroxylation is 1. The number of hydrogen-bond donors (Lipinski definition) is 2. The van der Waals surface area contributed by atoms with Gasteiger partial charge in [0.2, 0.25) is 5.71 Å². The van der Waals surface area contributed by atoms with Crippen molar-refractivity contribution in [1.82, 2.24) is 9.97 Å². The number of fused-ring (bicyclic) bond motifs is 1. The fourth-order valence-corrected chi connectivity index (χ4v) is 1.74. The Morgan fingerprint density at radius 3 is 2.83 bits per heavy atom. The Balaban J connectivity index is 2.55. The highest BCUT2D eigenvalue weighted by molar-refractivity contribution is 6.06. The van der Waals surface area contributed by atoms with Crippen LogP contribution >= 0.6 is 0 Å². The number of aromatic carboxylic acids is 1. The van der Waals surface area contributed by atoms with Crippen LogP contribution in [0.25, 0.3) is 11.1 Å². The molecule has 96 valence electrons. The first kappa shape index (κ1) is 12.3. The SMILES string of the molecule is Cc1oc2ncnc(NCC(C)C)c2c1C(=O)O. The lowest BCUT2D eigenvalue weighted by atomic mass is 10.1. The van der Waals surface area contributed by atoms with Gasteiger partial charge in [-0.05, 0) is 12.8 Å². The van der Waals surface area contributed by atoms with Crippen LogP contribution in [0.15, 0.2) is 10.7 Å². The molecule has 18 heavy (non-hydrogen) atoms. The van der Waals surface area contributed by atoms with Gasteiger partial charge in [0.15, 0.2) is 0 Å². The third-order valence-electron chi connectivity index (χ3n) is 2.56. The summed E-state index contributed by atoms with van der Waals surface area (Å²) in [4.78, 5) is 19.3. The molecule has 0 spiro atoms. The van der Waals surface area contributed by atoms with E-state index in [9.17, 15) is 9.90 Å². The van der Waals surface area contributed by atoms with Crippen LogP contribution < -0.4 is 5.32 Å². The molecule has 0 radical (unpaired) electrons. The Hall–Kier alpha value is -2.11. The molecule has 2 aromatic rings. The lowest BCUT2D eigenvalue weighted by Gasteiger charge is -2.08. The van der Waals surface area contributed by atoms with Crippen LogP contribution in [0.5, 0.6) is 0 Å². The van der Waals surface area contributed by atoms with Crippen LogP contribution in [0.3, 0.4) is 0 Å². The van der Waals surface area contributed by atoms with Crippen LogP contribution in [-0.4, -0.2) is 27.6 Å². The summed E-state index contributed by atoms with van der Waals surface area (Å²) in [5.74, 6) is 0.235. The molecule has 0 unspecified atom stereocenters.